The van der Waals surface area contributed by atoms with Crippen LogP contribution >= 0.6 is 27.7 Å². The first-order chi connectivity index (χ1) is 11.6. The quantitative estimate of drug-likeness (QED) is 0.641. The summed E-state index contributed by atoms with van der Waals surface area (Å²) in [5.74, 6) is 0.561. The summed E-state index contributed by atoms with van der Waals surface area (Å²) in [6.07, 6.45) is 0. The zero-order valence-corrected chi connectivity index (χ0v) is 15.1. The smallest absolute Gasteiger partial charge is 0.227 e. The average Bonchev–Trinajstić information content (AvgIpc) is 2.97. The number of nitrogens with two attached hydrogens (primary N) is 1. The number of aromatic nitrogens is 3. The lowest BCUT2D eigenvalue weighted by molar-refractivity contribution is -0.115. The van der Waals surface area contributed by atoms with Gasteiger partial charge in [-0.25, -0.2) is 0 Å². The molecular weight excluding hydrogens is 388 g/mol. The van der Waals surface area contributed by atoms with Gasteiger partial charge in [0, 0.05) is 10.0 Å². The van der Waals surface area contributed by atoms with E-state index < -0.39 is 0 Å². The molecule has 7 heteroatoms. The highest BCUT2D eigenvalue weighted by atomic mass is 79.9. The minimum Gasteiger partial charge on any atom is -0.369 e. The topological polar surface area (TPSA) is 73.8 Å². The maximum Gasteiger partial charge on any atom is 0.227 e. The van der Waals surface area contributed by atoms with Gasteiger partial charge in [-0.2, -0.15) is 0 Å². The van der Waals surface area contributed by atoms with Gasteiger partial charge in [-0.05, 0) is 17.7 Å². The normalized spacial score (nSPS) is 10.7. The van der Waals surface area contributed by atoms with Crippen molar-refractivity contribution < 1.29 is 4.79 Å². The molecule has 0 aliphatic carbocycles. The molecule has 0 saturated heterocycles. The van der Waals surface area contributed by atoms with Crippen molar-refractivity contribution in [3.8, 4) is 11.4 Å². The summed E-state index contributed by atoms with van der Waals surface area (Å²) >= 11 is 4.74. The molecule has 0 aliphatic heterocycles. The number of carbonyl (C=O) groups excluding carboxylic acids is 1. The molecule has 0 aliphatic rings. The van der Waals surface area contributed by atoms with Crippen LogP contribution in [0.5, 0.6) is 0 Å². The van der Waals surface area contributed by atoms with E-state index in [2.05, 4.69) is 26.1 Å². The lowest BCUT2D eigenvalue weighted by atomic mass is 10.2. The Hall–Kier alpha value is -2.12. The average molecular weight is 403 g/mol. The van der Waals surface area contributed by atoms with Crippen LogP contribution < -0.4 is 5.73 Å². The lowest BCUT2D eigenvalue weighted by Crippen LogP contribution is -2.14. The number of thioether (sulfide) groups is 1. The summed E-state index contributed by atoms with van der Waals surface area (Å²) in [4.78, 5) is 11.1. The van der Waals surface area contributed by atoms with Crippen LogP contribution in [0.15, 0.2) is 64.2 Å². The zero-order valence-electron chi connectivity index (χ0n) is 12.7. The largest absolute Gasteiger partial charge is 0.369 e. The third-order valence-corrected chi connectivity index (χ3v) is 4.86. The molecule has 0 bridgehead atoms. The molecule has 2 aromatic carbocycles. The predicted octanol–water partition coefficient (Wildman–Crippen LogP) is 3.33. The van der Waals surface area contributed by atoms with Crippen molar-refractivity contribution in [2.75, 3.05) is 5.75 Å². The van der Waals surface area contributed by atoms with Crippen molar-refractivity contribution in [2.24, 2.45) is 5.73 Å². The lowest BCUT2D eigenvalue weighted by Gasteiger charge is -2.10. The minimum atomic E-state index is -0.376. The van der Waals surface area contributed by atoms with E-state index in [1.54, 1.807) is 0 Å². The molecular formula is C17H15BrN4OS. The van der Waals surface area contributed by atoms with Gasteiger partial charge in [0.15, 0.2) is 11.0 Å². The Labute approximate surface area is 152 Å². The molecule has 122 valence electrons. The SMILES string of the molecule is NC(=O)CSc1nnc(-c2ccc(Br)cc2)n1Cc1ccccc1. The molecule has 1 heterocycles. The molecule has 1 amide bonds. The van der Waals surface area contributed by atoms with E-state index >= 15 is 0 Å². The van der Waals surface area contributed by atoms with Crippen LogP contribution in [-0.4, -0.2) is 26.4 Å². The van der Waals surface area contributed by atoms with Gasteiger partial charge in [0.25, 0.3) is 0 Å². The third kappa shape index (κ3) is 4.04. The van der Waals surface area contributed by atoms with Crippen molar-refractivity contribution in [1.29, 1.82) is 0 Å². The molecule has 0 saturated carbocycles. The number of halogens is 1. The minimum absolute atomic E-state index is 0.174. The first-order valence-corrected chi connectivity index (χ1v) is 9.05. The van der Waals surface area contributed by atoms with Crippen LogP contribution in [-0.2, 0) is 11.3 Å². The Morgan fingerprint density at radius 3 is 2.46 bits per heavy atom. The predicted molar refractivity (Wildman–Crippen MR) is 98.6 cm³/mol. The first-order valence-electron chi connectivity index (χ1n) is 7.27. The van der Waals surface area contributed by atoms with Crippen LogP contribution in [0.2, 0.25) is 0 Å². The fourth-order valence-electron chi connectivity index (χ4n) is 2.25. The van der Waals surface area contributed by atoms with Crippen molar-refractivity contribution in [2.45, 2.75) is 11.7 Å². The number of benzene rings is 2. The third-order valence-electron chi connectivity index (χ3n) is 3.35. The summed E-state index contributed by atoms with van der Waals surface area (Å²) in [5, 5.41) is 9.23. The number of hydrogen-bond donors (Lipinski definition) is 1. The molecule has 0 atom stereocenters. The first kappa shape index (κ1) is 16.7. The van der Waals surface area contributed by atoms with Crippen LogP contribution in [0.4, 0.5) is 0 Å². The fraction of sp³-hybridized carbons (Fsp3) is 0.118. The van der Waals surface area contributed by atoms with Gasteiger partial charge in [0.05, 0.1) is 12.3 Å². The van der Waals surface area contributed by atoms with E-state index in [-0.39, 0.29) is 11.7 Å². The van der Waals surface area contributed by atoms with Gasteiger partial charge < -0.3 is 5.73 Å². The van der Waals surface area contributed by atoms with Crippen LogP contribution in [0.3, 0.4) is 0 Å². The van der Waals surface area contributed by atoms with Gasteiger partial charge in [0.2, 0.25) is 5.91 Å². The Bertz CT molecular complexity index is 834. The molecule has 5 nitrogen and oxygen atoms in total. The Balaban J connectivity index is 1.98. The number of primary amides is 1. The molecule has 3 rings (SSSR count). The van der Waals surface area contributed by atoms with Crippen LogP contribution in [0.25, 0.3) is 11.4 Å². The summed E-state index contributed by atoms with van der Waals surface area (Å²) in [6, 6.07) is 18.0. The molecule has 3 aromatic rings. The maximum atomic E-state index is 11.1. The Kier molecular flexibility index (Phi) is 5.32. The van der Waals surface area contributed by atoms with Gasteiger partial charge in [-0.1, -0.05) is 70.2 Å². The summed E-state index contributed by atoms with van der Waals surface area (Å²) in [7, 11) is 0. The van der Waals surface area contributed by atoms with E-state index in [4.69, 9.17) is 5.73 Å². The van der Waals surface area contributed by atoms with Crippen molar-refractivity contribution in [1.82, 2.24) is 14.8 Å². The Morgan fingerprint density at radius 1 is 1.08 bits per heavy atom. The van der Waals surface area contributed by atoms with Crippen LogP contribution in [0.1, 0.15) is 5.56 Å². The number of carbonyl (C=O) groups is 1. The second kappa shape index (κ2) is 7.63. The van der Waals surface area contributed by atoms with Gasteiger partial charge in [0.1, 0.15) is 0 Å². The van der Waals surface area contributed by atoms with E-state index in [0.717, 1.165) is 21.4 Å². The summed E-state index contributed by atoms with van der Waals surface area (Å²) in [5.41, 5.74) is 7.36. The molecule has 0 radical (unpaired) electrons. The monoisotopic (exact) mass is 402 g/mol. The maximum absolute atomic E-state index is 11.1. The van der Waals surface area contributed by atoms with Crippen molar-refractivity contribution in [3.05, 3.63) is 64.6 Å². The molecule has 0 fully saturated rings. The fourth-order valence-corrected chi connectivity index (χ4v) is 3.19. The van der Waals surface area contributed by atoms with Crippen molar-refractivity contribution >= 4 is 33.6 Å². The number of rotatable bonds is 6. The highest BCUT2D eigenvalue weighted by Gasteiger charge is 2.15. The molecule has 0 unspecified atom stereocenters. The second-order valence-corrected chi connectivity index (χ2v) is 7.00. The highest BCUT2D eigenvalue weighted by molar-refractivity contribution is 9.10. The summed E-state index contributed by atoms with van der Waals surface area (Å²) in [6.45, 7) is 0.625. The second-order valence-electron chi connectivity index (χ2n) is 5.14. The Morgan fingerprint density at radius 2 is 1.79 bits per heavy atom. The van der Waals surface area contributed by atoms with Gasteiger partial charge in [-0.3, -0.25) is 9.36 Å². The number of nitrogens with zero attached hydrogens (tertiary/aromatic N) is 3. The van der Waals surface area contributed by atoms with Crippen LogP contribution in [0, 0.1) is 0 Å². The highest BCUT2D eigenvalue weighted by Crippen LogP contribution is 2.26. The van der Waals surface area contributed by atoms with E-state index in [0.29, 0.717) is 11.7 Å². The van der Waals surface area contributed by atoms with Gasteiger partial charge >= 0.3 is 0 Å². The molecule has 0 spiro atoms. The van der Waals surface area contributed by atoms with E-state index in [1.807, 2.05) is 59.2 Å². The van der Waals surface area contributed by atoms with Gasteiger partial charge in [-0.15, -0.1) is 10.2 Å². The van der Waals surface area contributed by atoms with E-state index in [1.165, 1.54) is 11.8 Å². The standard InChI is InChI=1S/C17H15BrN4OS/c18-14-8-6-13(7-9-14)16-20-21-17(24-11-15(19)23)22(16)10-12-4-2-1-3-5-12/h1-9H,10-11H2,(H2,19,23). The van der Waals surface area contributed by atoms with E-state index in [9.17, 15) is 4.79 Å². The zero-order chi connectivity index (χ0) is 16.9. The molecule has 2 N–H and O–H groups in total. The van der Waals surface area contributed by atoms with Crippen molar-refractivity contribution in [3.63, 3.8) is 0 Å². The molecule has 1 aromatic heterocycles. The summed E-state index contributed by atoms with van der Waals surface area (Å²) < 4.78 is 3.01. The number of amides is 1. The number of hydrogen-bond acceptors (Lipinski definition) is 4. The molecule has 24 heavy (non-hydrogen) atoms.